The molecule has 132 valence electrons. The molecule has 2 aromatic carbocycles. The molecule has 0 unspecified atom stereocenters. The zero-order chi connectivity index (χ0) is 18.4. The Balaban J connectivity index is 2.33. The highest BCUT2D eigenvalue weighted by Crippen LogP contribution is 2.29. The van der Waals surface area contributed by atoms with Crippen LogP contribution in [0, 0.1) is 0 Å². The number of nitrogens with zero attached hydrogens (tertiary/aromatic N) is 1. The second-order valence-electron chi connectivity index (χ2n) is 5.09. The van der Waals surface area contributed by atoms with E-state index < -0.39 is 30.0 Å². The van der Waals surface area contributed by atoms with Gasteiger partial charge in [0.05, 0.1) is 17.5 Å². The van der Waals surface area contributed by atoms with Crippen molar-refractivity contribution in [1.82, 2.24) is 9.97 Å². The van der Waals surface area contributed by atoms with Crippen LogP contribution in [0.2, 0.25) is 0 Å². The van der Waals surface area contributed by atoms with Crippen molar-refractivity contribution in [3.63, 3.8) is 0 Å². The molecule has 3 N–H and O–H groups in total. The lowest BCUT2D eigenvalue weighted by Gasteiger charge is -2.02. The molecule has 0 radical (unpaired) electrons. The number of rotatable bonds is 4. The number of nitrogens with one attached hydrogen (secondary N) is 1. The fourth-order valence-corrected chi connectivity index (χ4v) is 3.60. The molecule has 0 saturated heterocycles. The van der Waals surface area contributed by atoms with Gasteiger partial charge in [-0.2, -0.15) is 16.8 Å². The van der Waals surface area contributed by atoms with Gasteiger partial charge in [0, 0.05) is 5.56 Å². The molecule has 1 heterocycles. The zero-order valence-corrected chi connectivity index (χ0v) is 14.3. The summed E-state index contributed by atoms with van der Waals surface area (Å²) in [4.78, 5) is 5.47. The molecule has 0 bridgehead atoms. The highest BCUT2D eigenvalue weighted by molar-refractivity contribution is 7.86. The Morgan fingerprint density at radius 2 is 1.76 bits per heavy atom. The summed E-state index contributed by atoms with van der Waals surface area (Å²) in [5.74, 6) is 0.762. The lowest BCUT2D eigenvalue weighted by Crippen LogP contribution is -2.04. The Bertz CT molecular complexity index is 1180. The van der Waals surface area contributed by atoms with Crippen LogP contribution in [0.1, 0.15) is 0 Å². The Labute approximate surface area is 142 Å². The van der Waals surface area contributed by atoms with Crippen molar-refractivity contribution in [2.45, 2.75) is 9.79 Å². The number of fused-ring (bicyclic) bond motifs is 1. The summed E-state index contributed by atoms with van der Waals surface area (Å²) >= 11 is 0. The summed E-state index contributed by atoms with van der Waals surface area (Å²) in [6.45, 7) is 0. The first-order chi connectivity index (χ1) is 11.6. The third kappa shape index (κ3) is 3.35. The maximum absolute atomic E-state index is 11.6. The van der Waals surface area contributed by atoms with Gasteiger partial charge in [-0.15, -0.1) is 0 Å². The molecule has 9 nitrogen and oxygen atoms in total. The molecular formula is C14H12N2O7S2. The predicted molar refractivity (Wildman–Crippen MR) is 87.7 cm³/mol. The van der Waals surface area contributed by atoms with Gasteiger partial charge in [0.15, 0.2) is 0 Å². The number of hydrogen-bond acceptors (Lipinski definition) is 6. The first-order valence-electron chi connectivity index (χ1n) is 6.73. The topological polar surface area (TPSA) is 147 Å². The third-order valence-corrected chi connectivity index (χ3v) is 5.14. The van der Waals surface area contributed by atoms with Crippen molar-refractivity contribution in [3.05, 3.63) is 36.4 Å². The van der Waals surface area contributed by atoms with Crippen LogP contribution in [0.4, 0.5) is 0 Å². The Morgan fingerprint density at radius 3 is 2.36 bits per heavy atom. The summed E-state index contributed by atoms with van der Waals surface area (Å²) in [5.41, 5.74) is 0.401. The number of ether oxygens (including phenoxy) is 1. The van der Waals surface area contributed by atoms with Crippen LogP contribution >= 0.6 is 0 Å². The molecule has 0 aliphatic heterocycles. The largest absolute Gasteiger partial charge is 0.497 e. The normalized spacial score (nSPS) is 12.4. The predicted octanol–water partition coefficient (Wildman–Crippen LogP) is 1.73. The molecule has 25 heavy (non-hydrogen) atoms. The van der Waals surface area contributed by atoms with Crippen molar-refractivity contribution < 1.29 is 30.7 Å². The van der Waals surface area contributed by atoms with Crippen LogP contribution in [0.15, 0.2) is 46.2 Å². The van der Waals surface area contributed by atoms with Gasteiger partial charge in [-0.3, -0.25) is 9.11 Å². The number of imidazole rings is 1. The standard InChI is InChI=1S/C14H12N2O7S2/c1-23-9-4-2-3-8(5-9)14-15-11-6-10(24(17,18)19)7-12(13(11)16-14)25(20,21)22/h2-7H,1H3,(H,15,16)(H,17,18,19)(H,20,21,22). The monoisotopic (exact) mass is 384 g/mol. The van der Waals surface area contributed by atoms with Crippen molar-refractivity contribution in [2.75, 3.05) is 7.11 Å². The van der Waals surface area contributed by atoms with Crippen molar-refractivity contribution in [2.24, 2.45) is 0 Å². The van der Waals surface area contributed by atoms with E-state index in [1.54, 1.807) is 24.3 Å². The molecule has 3 rings (SSSR count). The summed E-state index contributed by atoms with van der Waals surface area (Å²) in [5, 5.41) is 0. The molecule has 11 heteroatoms. The Kier molecular flexibility index (Phi) is 4.03. The minimum Gasteiger partial charge on any atom is -0.497 e. The fourth-order valence-electron chi connectivity index (χ4n) is 2.31. The summed E-state index contributed by atoms with van der Waals surface area (Å²) < 4.78 is 69.5. The first-order valence-corrected chi connectivity index (χ1v) is 9.61. The maximum atomic E-state index is 11.6. The minimum absolute atomic E-state index is 0.0144. The van der Waals surface area contributed by atoms with Crippen LogP contribution in [-0.4, -0.2) is 43.0 Å². The number of aromatic amines is 1. The number of aromatic nitrogens is 2. The number of H-pyrrole nitrogens is 1. The van der Waals surface area contributed by atoms with Crippen molar-refractivity contribution >= 4 is 31.3 Å². The van der Waals surface area contributed by atoms with Gasteiger partial charge in [0.2, 0.25) is 0 Å². The van der Waals surface area contributed by atoms with E-state index in [2.05, 4.69) is 9.97 Å². The molecule has 0 aliphatic carbocycles. The van der Waals surface area contributed by atoms with Gasteiger partial charge in [0.1, 0.15) is 22.0 Å². The van der Waals surface area contributed by atoms with Gasteiger partial charge in [0.25, 0.3) is 20.2 Å². The lowest BCUT2D eigenvalue weighted by molar-refractivity contribution is 0.415. The summed E-state index contributed by atoms with van der Waals surface area (Å²) in [7, 11) is -7.98. The molecule has 0 fully saturated rings. The molecule has 3 aromatic rings. The van der Waals surface area contributed by atoms with E-state index in [1.807, 2.05) is 0 Å². The van der Waals surface area contributed by atoms with E-state index in [0.29, 0.717) is 17.4 Å². The van der Waals surface area contributed by atoms with Crippen LogP contribution in [-0.2, 0) is 20.2 Å². The second kappa shape index (κ2) is 5.81. The van der Waals surface area contributed by atoms with E-state index in [0.717, 1.165) is 6.07 Å². The van der Waals surface area contributed by atoms with Crippen LogP contribution in [0.25, 0.3) is 22.4 Å². The molecule has 0 saturated carbocycles. The Morgan fingerprint density at radius 1 is 1.04 bits per heavy atom. The number of methoxy groups -OCH3 is 1. The number of benzene rings is 2. The molecule has 0 amide bonds. The summed E-state index contributed by atoms with van der Waals surface area (Å²) in [6.07, 6.45) is 0. The molecule has 0 aliphatic rings. The highest BCUT2D eigenvalue weighted by Gasteiger charge is 2.23. The number of hydrogen-bond donors (Lipinski definition) is 3. The van der Waals surface area contributed by atoms with Gasteiger partial charge >= 0.3 is 0 Å². The van der Waals surface area contributed by atoms with Gasteiger partial charge < -0.3 is 9.72 Å². The Hall–Kier alpha value is -2.47. The van der Waals surface area contributed by atoms with Crippen molar-refractivity contribution in [1.29, 1.82) is 0 Å². The first kappa shape index (κ1) is 17.4. The van der Waals surface area contributed by atoms with Crippen LogP contribution in [0.5, 0.6) is 5.75 Å². The lowest BCUT2D eigenvalue weighted by atomic mass is 10.2. The van der Waals surface area contributed by atoms with Crippen LogP contribution < -0.4 is 4.74 Å². The quantitative estimate of drug-likeness (QED) is 0.576. The zero-order valence-electron chi connectivity index (χ0n) is 12.7. The van der Waals surface area contributed by atoms with E-state index in [4.69, 9.17) is 4.74 Å². The van der Waals surface area contributed by atoms with Crippen LogP contribution in [0.3, 0.4) is 0 Å². The SMILES string of the molecule is COc1cccc(-c2nc3c(S(=O)(=O)O)cc(S(=O)(=O)O)cc3[nH]2)c1. The van der Waals surface area contributed by atoms with Crippen molar-refractivity contribution in [3.8, 4) is 17.1 Å². The summed E-state index contributed by atoms with van der Waals surface area (Å²) in [6, 6.07) is 8.37. The average Bonchev–Trinajstić information content (AvgIpc) is 2.96. The van der Waals surface area contributed by atoms with Gasteiger partial charge in [-0.25, -0.2) is 4.98 Å². The molecule has 0 atom stereocenters. The van der Waals surface area contributed by atoms with Gasteiger partial charge in [-0.05, 0) is 24.3 Å². The van der Waals surface area contributed by atoms with E-state index in [9.17, 15) is 25.9 Å². The third-order valence-electron chi connectivity index (χ3n) is 3.44. The maximum Gasteiger partial charge on any atom is 0.296 e. The molecular weight excluding hydrogens is 372 g/mol. The smallest absolute Gasteiger partial charge is 0.296 e. The molecule has 1 aromatic heterocycles. The van der Waals surface area contributed by atoms with Gasteiger partial charge in [-0.1, -0.05) is 12.1 Å². The fraction of sp³-hybridized carbons (Fsp3) is 0.0714. The average molecular weight is 384 g/mol. The van der Waals surface area contributed by atoms with E-state index >= 15 is 0 Å². The highest BCUT2D eigenvalue weighted by atomic mass is 32.2. The van der Waals surface area contributed by atoms with E-state index in [-0.39, 0.29) is 16.9 Å². The second-order valence-corrected chi connectivity index (χ2v) is 7.90. The van der Waals surface area contributed by atoms with E-state index in [1.165, 1.54) is 7.11 Å². The molecule has 0 spiro atoms. The minimum atomic E-state index is -4.78.